The predicted molar refractivity (Wildman–Crippen MR) is 67.8 cm³/mol. The van der Waals surface area contributed by atoms with Crippen LogP contribution in [0.25, 0.3) is 0 Å². The van der Waals surface area contributed by atoms with Gasteiger partial charge in [0.15, 0.2) is 0 Å². The average molecular weight is 254 g/mol. The summed E-state index contributed by atoms with van der Waals surface area (Å²) < 4.78 is 5.50. The molecule has 100 valence electrons. The Morgan fingerprint density at radius 2 is 2.22 bits per heavy atom. The van der Waals surface area contributed by atoms with E-state index < -0.39 is 4.92 Å². The van der Waals surface area contributed by atoms with E-state index in [2.05, 4.69) is 15.3 Å². The number of hydrogen-bond acceptors (Lipinski definition) is 6. The van der Waals surface area contributed by atoms with Crippen molar-refractivity contribution >= 4 is 11.5 Å². The van der Waals surface area contributed by atoms with E-state index in [1.807, 2.05) is 20.8 Å². The van der Waals surface area contributed by atoms with Crippen LogP contribution in [0.5, 0.6) is 5.88 Å². The van der Waals surface area contributed by atoms with E-state index in [1.54, 1.807) is 0 Å². The summed E-state index contributed by atoms with van der Waals surface area (Å²) in [6.07, 6.45) is 2.91. The largest absolute Gasteiger partial charge is 0.470 e. The van der Waals surface area contributed by atoms with Gasteiger partial charge in [0.05, 0.1) is 11.0 Å². The monoisotopic (exact) mass is 254 g/mol. The fraction of sp³-hybridized carbons (Fsp3) is 0.636. The van der Waals surface area contributed by atoms with Crippen LogP contribution in [0.2, 0.25) is 0 Å². The summed E-state index contributed by atoms with van der Waals surface area (Å²) in [4.78, 5) is 18.3. The van der Waals surface area contributed by atoms with Crippen LogP contribution in [0, 0.1) is 10.1 Å². The quantitative estimate of drug-likeness (QED) is 0.593. The van der Waals surface area contributed by atoms with Crippen molar-refractivity contribution in [2.75, 3.05) is 11.9 Å². The highest BCUT2D eigenvalue weighted by atomic mass is 16.6. The van der Waals surface area contributed by atoms with Crippen molar-refractivity contribution in [1.29, 1.82) is 0 Å². The first kappa shape index (κ1) is 14.1. The van der Waals surface area contributed by atoms with Crippen molar-refractivity contribution in [2.45, 2.75) is 39.7 Å². The van der Waals surface area contributed by atoms with Gasteiger partial charge in [-0.2, -0.15) is 4.98 Å². The Kier molecular flexibility index (Phi) is 5.29. The molecule has 0 saturated carbocycles. The molecule has 0 aliphatic heterocycles. The highest BCUT2D eigenvalue weighted by Gasteiger charge is 2.25. The summed E-state index contributed by atoms with van der Waals surface area (Å²) in [6, 6.07) is 0. The molecule has 0 fully saturated rings. The van der Waals surface area contributed by atoms with Crippen LogP contribution in [-0.4, -0.2) is 27.5 Å². The van der Waals surface area contributed by atoms with E-state index in [0.717, 1.165) is 12.8 Å². The molecule has 1 N–H and O–H groups in total. The second-order valence-electron chi connectivity index (χ2n) is 3.88. The van der Waals surface area contributed by atoms with E-state index in [1.165, 1.54) is 6.33 Å². The summed E-state index contributed by atoms with van der Waals surface area (Å²) >= 11 is 0. The van der Waals surface area contributed by atoms with Crippen LogP contribution in [0.15, 0.2) is 6.33 Å². The molecule has 0 aromatic carbocycles. The second-order valence-corrected chi connectivity index (χ2v) is 3.88. The predicted octanol–water partition coefficient (Wildman–Crippen LogP) is 2.38. The lowest BCUT2D eigenvalue weighted by Crippen LogP contribution is -2.14. The third-order valence-electron chi connectivity index (χ3n) is 2.32. The lowest BCUT2D eigenvalue weighted by atomic mass is 10.2. The van der Waals surface area contributed by atoms with Crippen molar-refractivity contribution in [3.8, 4) is 5.88 Å². The Bertz CT molecular complexity index is 411. The van der Waals surface area contributed by atoms with Gasteiger partial charge >= 0.3 is 5.69 Å². The topological polar surface area (TPSA) is 90.2 Å². The Hall–Kier alpha value is -1.92. The van der Waals surface area contributed by atoms with Crippen molar-refractivity contribution in [3.05, 3.63) is 16.4 Å². The second kappa shape index (κ2) is 6.73. The maximum absolute atomic E-state index is 11.1. The highest BCUT2D eigenvalue weighted by Crippen LogP contribution is 2.31. The van der Waals surface area contributed by atoms with E-state index in [-0.39, 0.29) is 23.5 Å². The zero-order valence-electron chi connectivity index (χ0n) is 10.8. The maximum atomic E-state index is 11.1. The van der Waals surface area contributed by atoms with Gasteiger partial charge in [0.2, 0.25) is 5.82 Å². The molecule has 7 heteroatoms. The molecule has 1 atom stereocenters. The normalized spacial score (nSPS) is 11.9. The average Bonchev–Trinajstić information content (AvgIpc) is 2.29. The van der Waals surface area contributed by atoms with E-state index in [0.29, 0.717) is 6.54 Å². The van der Waals surface area contributed by atoms with Crippen LogP contribution in [0.4, 0.5) is 11.5 Å². The number of hydrogen-bond donors (Lipinski definition) is 1. The molecule has 0 aliphatic carbocycles. The first-order chi connectivity index (χ1) is 8.60. The molecule has 0 bridgehead atoms. The molecule has 0 spiro atoms. The fourth-order valence-corrected chi connectivity index (χ4v) is 1.57. The molecule has 1 aromatic heterocycles. The Morgan fingerprint density at radius 3 is 2.78 bits per heavy atom. The molecule has 0 saturated heterocycles. The van der Waals surface area contributed by atoms with Gasteiger partial charge in [0.1, 0.15) is 6.33 Å². The highest BCUT2D eigenvalue weighted by molar-refractivity contribution is 5.61. The van der Waals surface area contributed by atoms with Crippen molar-refractivity contribution < 1.29 is 9.66 Å². The van der Waals surface area contributed by atoms with Gasteiger partial charge in [-0.1, -0.05) is 13.3 Å². The number of nitrogens with one attached hydrogen (secondary N) is 1. The molecule has 1 heterocycles. The molecular formula is C11H18N4O3. The van der Waals surface area contributed by atoms with E-state index in [9.17, 15) is 10.1 Å². The van der Waals surface area contributed by atoms with Crippen LogP contribution >= 0.6 is 0 Å². The molecule has 0 radical (unpaired) electrons. The lowest BCUT2D eigenvalue weighted by molar-refractivity contribution is -0.385. The Labute approximate surface area is 106 Å². The van der Waals surface area contributed by atoms with Crippen molar-refractivity contribution in [1.82, 2.24) is 9.97 Å². The number of nitro groups is 1. The Balaban J connectivity index is 3.02. The fourth-order valence-electron chi connectivity index (χ4n) is 1.57. The summed E-state index contributed by atoms with van der Waals surface area (Å²) in [5.74, 6) is 0.211. The third-order valence-corrected chi connectivity index (χ3v) is 2.32. The van der Waals surface area contributed by atoms with Gasteiger partial charge in [-0.3, -0.25) is 10.1 Å². The molecular weight excluding hydrogens is 236 g/mol. The first-order valence-corrected chi connectivity index (χ1v) is 6.00. The molecule has 0 amide bonds. The smallest absolute Gasteiger partial charge is 0.372 e. The van der Waals surface area contributed by atoms with Crippen LogP contribution in [0.1, 0.15) is 33.6 Å². The minimum Gasteiger partial charge on any atom is -0.470 e. The molecule has 1 unspecified atom stereocenters. The van der Waals surface area contributed by atoms with Gasteiger partial charge in [0, 0.05) is 6.54 Å². The van der Waals surface area contributed by atoms with Crippen LogP contribution < -0.4 is 10.1 Å². The zero-order chi connectivity index (χ0) is 13.5. The minimum atomic E-state index is -0.522. The standard InChI is InChI=1S/C11H18N4O3/c1-4-6-8(3)18-11-9(15(16)17)10(12-5-2)13-7-14-11/h7-8H,4-6H2,1-3H3,(H,12,13,14). The SMILES string of the molecule is CCCC(C)Oc1ncnc(NCC)c1[N+](=O)[O-]. The summed E-state index contributed by atoms with van der Waals surface area (Å²) in [7, 11) is 0. The van der Waals surface area contributed by atoms with E-state index >= 15 is 0 Å². The molecule has 1 rings (SSSR count). The summed E-state index contributed by atoms with van der Waals surface area (Å²) in [6.45, 7) is 6.27. The molecule has 18 heavy (non-hydrogen) atoms. The van der Waals surface area contributed by atoms with Gasteiger partial charge in [-0.25, -0.2) is 4.98 Å². The first-order valence-electron chi connectivity index (χ1n) is 6.00. The number of rotatable bonds is 7. The third kappa shape index (κ3) is 3.54. The van der Waals surface area contributed by atoms with Gasteiger partial charge < -0.3 is 10.1 Å². The van der Waals surface area contributed by atoms with Crippen molar-refractivity contribution in [3.63, 3.8) is 0 Å². The zero-order valence-corrected chi connectivity index (χ0v) is 10.8. The molecule has 7 nitrogen and oxygen atoms in total. The molecule has 1 aromatic rings. The summed E-state index contributed by atoms with van der Waals surface area (Å²) in [5, 5.41) is 13.9. The van der Waals surface area contributed by atoms with Crippen molar-refractivity contribution in [2.24, 2.45) is 0 Å². The van der Waals surface area contributed by atoms with Gasteiger partial charge in [0.25, 0.3) is 5.88 Å². The maximum Gasteiger partial charge on any atom is 0.372 e. The summed E-state index contributed by atoms with van der Waals surface area (Å²) in [5.41, 5.74) is -0.206. The molecule has 0 aliphatic rings. The van der Waals surface area contributed by atoms with Gasteiger partial charge in [-0.15, -0.1) is 0 Å². The van der Waals surface area contributed by atoms with E-state index in [4.69, 9.17) is 4.74 Å². The number of nitrogens with zero attached hydrogens (tertiary/aromatic N) is 3. The number of anilines is 1. The minimum absolute atomic E-state index is 0.0203. The number of aromatic nitrogens is 2. The lowest BCUT2D eigenvalue weighted by Gasteiger charge is -2.13. The van der Waals surface area contributed by atoms with Crippen LogP contribution in [-0.2, 0) is 0 Å². The van der Waals surface area contributed by atoms with Crippen LogP contribution in [0.3, 0.4) is 0 Å². The van der Waals surface area contributed by atoms with Gasteiger partial charge in [-0.05, 0) is 20.3 Å². The number of ether oxygens (including phenoxy) is 1. The Morgan fingerprint density at radius 1 is 1.50 bits per heavy atom.